The number of benzene rings is 1. The van der Waals surface area contributed by atoms with Gasteiger partial charge in [-0.3, -0.25) is 4.90 Å². The summed E-state index contributed by atoms with van der Waals surface area (Å²) < 4.78 is 93.1. The Labute approximate surface area is 241 Å². The van der Waals surface area contributed by atoms with Gasteiger partial charge in [-0.15, -0.1) is 0 Å². The van der Waals surface area contributed by atoms with Gasteiger partial charge in [-0.2, -0.15) is 22.5 Å². The molecule has 1 N–H and O–H groups in total. The lowest BCUT2D eigenvalue weighted by Crippen LogP contribution is -2.49. The highest BCUT2D eigenvalue weighted by Crippen LogP contribution is 2.31. The minimum absolute atomic E-state index is 0.0360. The van der Waals surface area contributed by atoms with Crippen LogP contribution >= 0.6 is 0 Å². The van der Waals surface area contributed by atoms with Gasteiger partial charge in [0.15, 0.2) is 5.69 Å². The Morgan fingerprint density at radius 3 is 2.38 bits per heavy atom. The lowest BCUT2D eigenvalue weighted by Gasteiger charge is -2.34. The fraction of sp³-hybridized carbons (Fsp3) is 0.481. The van der Waals surface area contributed by atoms with Crippen molar-refractivity contribution in [2.45, 2.75) is 23.7 Å². The fourth-order valence-electron chi connectivity index (χ4n) is 4.72. The van der Waals surface area contributed by atoms with Crippen molar-refractivity contribution in [3.8, 4) is 5.75 Å². The molecule has 0 amide bonds. The zero-order chi connectivity index (χ0) is 29.7. The van der Waals surface area contributed by atoms with Crippen LogP contribution in [0, 0.1) is 0 Å². The molecule has 2 saturated heterocycles. The number of ether oxygens (including phenoxy) is 2. The maximum atomic E-state index is 13.6. The Balaban J connectivity index is 1.20. The molecule has 228 valence electrons. The van der Waals surface area contributed by atoms with Crippen LogP contribution in [0.5, 0.6) is 5.75 Å². The van der Waals surface area contributed by atoms with Crippen molar-refractivity contribution in [2.75, 3.05) is 75.9 Å². The average Bonchev–Trinajstić information content (AvgIpc) is 2.99. The van der Waals surface area contributed by atoms with Gasteiger partial charge in [-0.1, -0.05) is 6.08 Å². The van der Waals surface area contributed by atoms with Crippen molar-refractivity contribution in [3.05, 3.63) is 60.0 Å². The number of alkyl halides is 4. The topological polar surface area (TPSA) is 100 Å². The van der Waals surface area contributed by atoms with Crippen LogP contribution < -0.4 is 15.0 Å². The first-order chi connectivity index (χ1) is 20.1. The van der Waals surface area contributed by atoms with Crippen molar-refractivity contribution in [3.63, 3.8) is 0 Å². The van der Waals surface area contributed by atoms with Crippen LogP contribution in [-0.4, -0.2) is 99.4 Å². The number of rotatable bonds is 9. The van der Waals surface area contributed by atoms with Crippen LogP contribution in [0.2, 0.25) is 0 Å². The van der Waals surface area contributed by atoms with E-state index in [4.69, 9.17) is 9.47 Å². The lowest BCUT2D eigenvalue weighted by molar-refractivity contribution is -0.141. The summed E-state index contributed by atoms with van der Waals surface area (Å²) in [6, 6.07) is 6.98. The number of morpholine rings is 1. The van der Waals surface area contributed by atoms with Gasteiger partial charge < -0.3 is 19.7 Å². The molecule has 3 aliphatic rings. The third-order valence-electron chi connectivity index (χ3n) is 7.09. The summed E-state index contributed by atoms with van der Waals surface area (Å²) in [4.78, 5) is 11.8. The first kappa shape index (κ1) is 30.2. The van der Waals surface area contributed by atoms with Gasteiger partial charge in [-0.05, 0) is 36.4 Å². The average molecular weight is 613 g/mol. The highest BCUT2D eigenvalue weighted by Gasteiger charge is 2.35. The molecule has 42 heavy (non-hydrogen) atoms. The SMILES string of the molecule is O=S(=O)(c1ccc(OCCN2CCOCC2)cc1)N1CCN(c2nc(NC3=CCC(F)C=C3)cc(C(F)(F)F)n2)CC1. The van der Waals surface area contributed by atoms with E-state index in [1.807, 2.05) is 0 Å². The molecule has 0 saturated carbocycles. The van der Waals surface area contributed by atoms with Crippen molar-refractivity contribution in [1.29, 1.82) is 0 Å². The van der Waals surface area contributed by atoms with Crippen molar-refractivity contribution in [1.82, 2.24) is 19.2 Å². The minimum Gasteiger partial charge on any atom is -0.492 e. The summed E-state index contributed by atoms with van der Waals surface area (Å²) in [6.07, 6.45) is -1.48. The second kappa shape index (κ2) is 12.9. The van der Waals surface area contributed by atoms with E-state index >= 15 is 0 Å². The van der Waals surface area contributed by atoms with Gasteiger partial charge in [0.25, 0.3) is 0 Å². The first-order valence-electron chi connectivity index (χ1n) is 13.6. The molecule has 0 spiro atoms. The van der Waals surface area contributed by atoms with Crippen LogP contribution in [0.1, 0.15) is 12.1 Å². The predicted molar refractivity (Wildman–Crippen MR) is 148 cm³/mol. The molecule has 1 aliphatic carbocycles. The van der Waals surface area contributed by atoms with Crippen LogP contribution in [0.15, 0.2) is 59.2 Å². The Kier molecular flexibility index (Phi) is 9.30. The van der Waals surface area contributed by atoms with E-state index in [0.717, 1.165) is 25.7 Å². The summed E-state index contributed by atoms with van der Waals surface area (Å²) >= 11 is 0. The van der Waals surface area contributed by atoms with Gasteiger partial charge in [0.1, 0.15) is 24.3 Å². The smallest absolute Gasteiger partial charge is 0.433 e. The maximum absolute atomic E-state index is 13.6. The highest BCUT2D eigenvalue weighted by molar-refractivity contribution is 7.89. The number of piperazine rings is 1. The van der Waals surface area contributed by atoms with Crippen molar-refractivity contribution < 1.29 is 35.5 Å². The minimum atomic E-state index is -4.72. The molecule has 10 nitrogen and oxygen atoms in total. The number of nitrogens with one attached hydrogen (secondary N) is 1. The molecule has 1 unspecified atom stereocenters. The van der Waals surface area contributed by atoms with Crippen LogP contribution in [0.4, 0.5) is 29.3 Å². The standard InChI is InChI=1S/C27H32F4N6O4S/c28-20-1-3-21(4-2-20)32-25-19-24(27(29,30)31)33-26(34-25)36-9-11-37(12-10-36)42(38,39)23-7-5-22(6-8-23)41-18-15-35-13-16-40-17-14-35/h1,3-8,19-20H,2,9-18H2,(H,32,33,34). The number of sulfonamides is 1. The summed E-state index contributed by atoms with van der Waals surface area (Å²) in [6.45, 7) is 4.57. The molecule has 1 aromatic carbocycles. The molecular formula is C27H32F4N6O4S. The monoisotopic (exact) mass is 612 g/mol. The molecule has 5 rings (SSSR count). The summed E-state index contributed by atoms with van der Waals surface area (Å²) in [5, 5.41) is 2.79. The van der Waals surface area contributed by atoms with Gasteiger partial charge in [0.2, 0.25) is 16.0 Å². The number of hydrogen-bond donors (Lipinski definition) is 1. The zero-order valence-corrected chi connectivity index (χ0v) is 23.6. The lowest BCUT2D eigenvalue weighted by atomic mass is 10.1. The molecule has 1 atom stereocenters. The fourth-order valence-corrected chi connectivity index (χ4v) is 6.14. The quantitative estimate of drug-likeness (QED) is 0.428. The number of anilines is 2. The third-order valence-corrected chi connectivity index (χ3v) is 9.00. The first-order valence-corrected chi connectivity index (χ1v) is 15.1. The van der Waals surface area contributed by atoms with Crippen molar-refractivity contribution >= 4 is 21.8 Å². The number of halogens is 4. The molecule has 2 fully saturated rings. The molecule has 1 aromatic heterocycles. The third kappa shape index (κ3) is 7.56. The molecule has 0 radical (unpaired) electrons. The van der Waals surface area contributed by atoms with Gasteiger partial charge in [0, 0.05) is 64.0 Å². The van der Waals surface area contributed by atoms with E-state index in [1.54, 1.807) is 12.1 Å². The summed E-state index contributed by atoms with van der Waals surface area (Å²) in [5.41, 5.74) is -0.716. The molecular weight excluding hydrogens is 580 g/mol. The molecule has 0 bridgehead atoms. The Morgan fingerprint density at radius 2 is 1.74 bits per heavy atom. The Bertz CT molecular complexity index is 1390. The second-order valence-corrected chi connectivity index (χ2v) is 11.9. The predicted octanol–water partition coefficient (Wildman–Crippen LogP) is 3.31. The molecule has 2 aliphatic heterocycles. The highest BCUT2D eigenvalue weighted by atomic mass is 32.2. The summed E-state index contributed by atoms with van der Waals surface area (Å²) in [5.74, 6) is 0.289. The zero-order valence-electron chi connectivity index (χ0n) is 22.8. The van der Waals surface area contributed by atoms with Crippen LogP contribution in [-0.2, 0) is 20.9 Å². The molecule has 2 aromatic rings. The number of aromatic nitrogens is 2. The van der Waals surface area contributed by atoms with E-state index in [1.165, 1.54) is 39.6 Å². The number of nitrogens with zero attached hydrogens (tertiary/aromatic N) is 5. The van der Waals surface area contributed by atoms with Crippen LogP contribution in [0.3, 0.4) is 0 Å². The van der Waals surface area contributed by atoms with E-state index in [-0.39, 0.29) is 49.3 Å². The van der Waals surface area contributed by atoms with E-state index < -0.39 is 28.1 Å². The van der Waals surface area contributed by atoms with E-state index in [2.05, 4.69) is 20.2 Å². The summed E-state index contributed by atoms with van der Waals surface area (Å²) in [7, 11) is -3.84. The number of allylic oxidation sites excluding steroid dienone is 3. The largest absolute Gasteiger partial charge is 0.492 e. The van der Waals surface area contributed by atoms with Crippen molar-refractivity contribution in [2.24, 2.45) is 0 Å². The second-order valence-electron chi connectivity index (χ2n) is 10.00. The maximum Gasteiger partial charge on any atom is 0.433 e. The normalized spacial score (nSPS) is 20.8. The molecule has 15 heteroatoms. The Morgan fingerprint density at radius 1 is 1.02 bits per heavy atom. The van der Waals surface area contributed by atoms with Gasteiger partial charge in [-0.25, -0.2) is 17.8 Å². The Hall–Kier alpha value is -3.27. The van der Waals surface area contributed by atoms with E-state index in [9.17, 15) is 26.0 Å². The van der Waals surface area contributed by atoms with Crippen LogP contribution in [0.25, 0.3) is 0 Å². The van der Waals surface area contributed by atoms with Gasteiger partial charge in [0.05, 0.1) is 18.1 Å². The number of hydrogen-bond acceptors (Lipinski definition) is 9. The van der Waals surface area contributed by atoms with E-state index in [0.29, 0.717) is 31.3 Å². The molecule has 3 heterocycles. The van der Waals surface area contributed by atoms with Gasteiger partial charge >= 0.3 is 6.18 Å².